The molecule has 0 saturated carbocycles. The molecule has 1 heterocycles. The monoisotopic (exact) mass is 305 g/mol. The summed E-state index contributed by atoms with van der Waals surface area (Å²) in [6.45, 7) is 5.76. The Labute approximate surface area is 125 Å². The lowest BCUT2D eigenvalue weighted by atomic mass is 10.1. The van der Waals surface area contributed by atoms with Crippen LogP contribution in [0.5, 0.6) is 0 Å². The lowest BCUT2D eigenvalue weighted by Crippen LogP contribution is -2.32. The predicted octanol–water partition coefficient (Wildman–Crippen LogP) is 2.50. The second-order valence-corrected chi connectivity index (χ2v) is 6.60. The molecule has 2 rings (SSSR count). The number of nitrogens with two attached hydrogens (primary N) is 1. The third-order valence-corrected chi connectivity index (χ3v) is 5.60. The summed E-state index contributed by atoms with van der Waals surface area (Å²) in [6.07, 6.45) is 3.14. The number of hydrogen-bond donors (Lipinski definition) is 1. The summed E-state index contributed by atoms with van der Waals surface area (Å²) in [5.41, 5.74) is 8.35. The van der Waals surface area contributed by atoms with E-state index in [9.17, 15) is 8.42 Å². The van der Waals surface area contributed by atoms with E-state index < -0.39 is 10.0 Å². The van der Waals surface area contributed by atoms with Gasteiger partial charge in [-0.25, -0.2) is 8.42 Å². The standard InChI is InChI=1S/C15H19N3O2S/c1-4-18(13-7-9-17-10-8-13)21(19,20)15-12(3)11(2)5-6-14(15)16/h5-10H,4,16H2,1-3H3. The smallest absolute Gasteiger partial charge is 0.266 e. The Balaban J connectivity index is 2.64. The minimum Gasteiger partial charge on any atom is -0.398 e. The van der Waals surface area contributed by atoms with E-state index in [4.69, 9.17) is 5.73 Å². The molecule has 0 amide bonds. The number of aromatic nitrogens is 1. The molecule has 0 fully saturated rings. The van der Waals surface area contributed by atoms with E-state index in [1.807, 2.05) is 13.0 Å². The van der Waals surface area contributed by atoms with Crippen LogP contribution in [0.4, 0.5) is 11.4 Å². The van der Waals surface area contributed by atoms with Gasteiger partial charge in [-0.05, 0) is 50.1 Å². The van der Waals surface area contributed by atoms with Crippen LogP contribution < -0.4 is 10.0 Å². The molecule has 21 heavy (non-hydrogen) atoms. The Morgan fingerprint density at radius 3 is 2.33 bits per heavy atom. The normalized spacial score (nSPS) is 11.4. The van der Waals surface area contributed by atoms with Gasteiger partial charge >= 0.3 is 0 Å². The molecule has 0 bridgehead atoms. The number of aryl methyl sites for hydroxylation is 1. The van der Waals surface area contributed by atoms with Crippen molar-refractivity contribution in [3.8, 4) is 0 Å². The van der Waals surface area contributed by atoms with Crippen molar-refractivity contribution in [3.63, 3.8) is 0 Å². The molecule has 6 heteroatoms. The molecule has 112 valence electrons. The summed E-state index contributed by atoms with van der Waals surface area (Å²) in [6, 6.07) is 6.80. The van der Waals surface area contributed by atoms with Crippen molar-refractivity contribution in [2.75, 3.05) is 16.6 Å². The first-order valence-corrected chi connectivity index (χ1v) is 8.12. The fourth-order valence-electron chi connectivity index (χ4n) is 2.27. The SMILES string of the molecule is CCN(c1ccncc1)S(=O)(=O)c1c(N)ccc(C)c1C. The number of nitrogens with zero attached hydrogens (tertiary/aromatic N) is 2. The maximum Gasteiger partial charge on any atom is 0.266 e. The number of sulfonamides is 1. The molecule has 1 aromatic heterocycles. The highest BCUT2D eigenvalue weighted by molar-refractivity contribution is 7.93. The summed E-state index contributed by atoms with van der Waals surface area (Å²) in [5, 5.41) is 0. The second kappa shape index (κ2) is 5.73. The van der Waals surface area contributed by atoms with Crippen LogP contribution in [-0.4, -0.2) is 19.9 Å². The van der Waals surface area contributed by atoms with Crippen LogP contribution in [-0.2, 0) is 10.0 Å². The van der Waals surface area contributed by atoms with Gasteiger partial charge in [0.15, 0.2) is 0 Å². The van der Waals surface area contributed by atoms with E-state index in [0.717, 1.165) is 5.56 Å². The van der Waals surface area contributed by atoms with Crippen LogP contribution in [0.1, 0.15) is 18.1 Å². The van der Waals surface area contributed by atoms with Gasteiger partial charge in [0.25, 0.3) is 10.0 Å². The Kier molecular flexibility index (Phi) is 4.18. The van der Waals surface area contributed by atoms with Gasteiger partial charge in [0.1, 0.15) is 4.90 Å². The van der Waals surface area contributed by atoms with Gasteiger partial charge in [0.05, 0.1) is 11.4 Å². The second-order valence-electron chi connectivity index (χ2n) is 4.80. The summed E-state index contributed by atoms with van der Waals surface area (Å²) in [5.74, 6) is 0. The molecule has 0 aliphatic heterocycles. The molecular weight excluding hydrogens is 286 g/mol. The highest BCUT2D eigenvalue weighted by atomic mass is 32.2. The molecule has 2 aromatic rings. The summed E-state index contributed by atoms with van der Waals surface area (Å²) in [4.78, 5) is 4.10. The zero-order chi connectivity index (χ0) is 15.6. The number of anilines is 2. The lowest BCUT2D eigenvalue weighted by Gasteiger charge is -2.25. The van der Waals surface area contributed by atoms with Crippen molar-refractivity contribution in [1.82, 2.24) is 4.98 Å². The average molecular weight is 305 g/mol. The van der Waals surface area contributed by atoms with Gasteiger partial charge in [-0.3, -0.25) is 9.29 Å². The Morgan fingerprint density at radius 1 is 1.14 bits per heavy atom. The zero-order valence-corrected chi connectivity index (χ0v) is 13.2. The Morgan fingerprint density at radius 2 is 1.76 bits per heavy atom. The molecule has 0 aliphatic rings. The molecule has 1 aromatic carbocycles. The van der Waals surface area contributed by atoms with Crippen molar-refractivity contribution >= 4 is 21.4 Å². The van der Waals surface area contributed by atoms with Crippen LogP contribution in [0, 0.1) is 13.8 Å². The van der Waals surface area contributed by atoms with E-state index in [2.05, 4.69) is 4.98 Å². The van der Waals surface area contributed by atoms with Gasteiger partial charge in [-0.1, -0.05) is 6.07 Å². The third kappa shape index (κ3) is 2.71. The first-order valence-electron chi connectivity index (χ1n) is 6.68. The molecule has 2 N–H and O–H groups in total. The Bertz CT molecular complexity index is 743. The van der Waals surface area contributed by atoms with Crippen molar-refractivity contribution in [2.45, 2.75) is 25.7 Å². The number of pyridine rings is 1. The number of hydrogen-bond acceptors (Lipinski definition) is 4. The molecule has 0 saturated heterocycles. The summed E-state index contributed by atoms with van der Waals surface area (Å²) >= 11 is 0. The topological polar surface area (TPSA) is 76.3 Å². The van der Waals surface area contributed by atoms with Gasteiger partial charge < -0.3 is 5.73 Å². The van der Waals surface area contributed by atoms with E-state index in [1.54, 1.807) is 44.4 Å². The van der Waals surface area contributed by atoms with Gasteiger partial charge in [0.2, 0.25) is 0 Å². The molecule has 0 spiro atoms. The molecule has 0 radical (unpaired) electrons. The first-order chi connectivity index (χ1) is 9.89. The number of rotatable bonds is 4. The zero-order valence-electron chi connectivity index (χ0n) is 12.4. The van der Waals surface area contributed by atoms with Gasteiger partial charge in [-0.2, -0.15) is 0 Å². The number of nitrogen functional groups attached to an aromatic ring is 1. The quantitative estimate of drug-likeness (QED) is 0.881. The van der Waals surface area contributed by atoms with Crippen LogP contribution in [0.3, 0.4) is 0 Å². The van der Waals surface area contributed by atoms with E-state index in [0.29, 0.717) is 17.8 Å². The largest absolute Gasteiger partial charge is 0.398 e. The summed E-state index contributed by atoms with van der Waals surface area (Å²) < 4.78 is 27.3. The molecule has 5 nitrogen and oxygen atoms in total. The maximum absolute atomic E-state index is 13.0. The maximum atomic E-state index is 13.0. The molecule has 0 aliphatic carbocycles. The van der Waals surface area contributed by atoms with Gasteiger partial charge in [0, 0.05) is 18.9 Å². The first kappa shape index (κ1) is 15.3. The van der Waals surface area contributed by atoms with Crippen LogP contribution in [0.25, 0.3) is 0 Å². The van der Waals surface area contributed by atoms with E-state index >= 15 is 0 Å². The number of benzene rings is 1. The van der Waals surface area contributed by atoms with Gasteiger partial charge in [-0.15, -0.1) is 0 Å². The van der Waals surface area contributed by atoms with Crippen LogP contribution >= 0.6 is 0 Å². The lowest BCUT2D eigenvalue weighted by molar-refractivity contribution is 0.591. The van der Waals surface area contributed by atoms with Crippen molar-refractivity contribution in [3.05, 3.63) is 47.8 Å². The highest BCUT2D eigenvalue weighted by Crippen LogP contribution is 2.30. The predicted molar refractivity (Wildman–Crippen MR) is 84.8 cm³/mol. The van der Waals surface area contributed by atoms with Crippen molar-refractivity contribution in [2.24, 2.45) is 0 Å². The minimum atomic E-state index is -3.71. The average Bonchev–Trinajstić information content (AvgIpc) is 2.45. The molecule has 0 unspecified atom stereocenters. The summed E-state index contributed by atoms with van der Waals surface area (Å²) in [7, 11) is -3.71. The fourth-order valence-corrected chi connectivity index (χ4v) is 4.14. The van der Waals surface area contributed by atoms with Crippen LogP contribution in [0.2, 0.25) is 0 Å². The minimum absolute atomic E-state index is 0.182. The van der Waals surface area contributed by atoms with E-state index in [-0.39, 0.29) is 10.6 Å². The third-order valence-electron chi connectivity index (χ3n) is 3.49. The Hall–Kier alpha value is -2.08. The van der Waals surface area contributed by atoms with Crippen LogP contribution in [0.15, 0.2) is 41.6 Å². The van der Waals surface area contributed by atoms with Crippen molar-refractivity contribution in [1.29, 1.82) is 0 Å². The highest BCUT2D eigenvalue weighted by Gasteiger charge is 2.28. The molecule has 0 atom stereocenters. The van der Waals surface area contributed by atoms with Crippen molar-refractivity contribution < 1.29 is 8.42 Å². The fraction of sp³-hybridized carbons (Fsp3) is 0.267. The molecular formula is C15H19N3O2S. The van der Waals surface area contributed by atoms with E-state index in [1.165, 1.54) is 4.31 Å².